The van der Waals surface area contributed by atoms with E-state index >= 15 is 0 Å². The van der Waals surface area contributed by atoms with Gasteiger partial charge in [0.25, 0.3) is 5.91 Å². The zero-order valence-corrected chi connectivity index (χ0v) is 29.5. The van der Waals surface area contributed by atoms with E-state index in [0.29, 0.717) is 65.7 Å². The zero-order valence-electron chi connectivity index (χ0n) is 28.0. The number of carboxylic acids is 1. The minimum Gasteiger partial charge on any atom is -0.475 e. The lowest BCUT2D eigenvalue weighted by Gasteiger charge is -2.34. The first kappa shape index (κ1) is 38.4. The SMILES string of the molecule is CC(=O)N1CCC(C(=O)N(CCCN2CC3CN(C(=O)c4c(C)cc(Cl)nc4C)CC3C2)c2ccc(C)c(Cl)c2)CC1.O=C(O)C(F)(F)F. The second kappa shape index (κ2) is 16.1. The van der Waals surface area contributed by atoms with Crippen LogP contribution >= 0.6 is 23.2 Å². The Bertz CT molecular complexity index is 1530. The highest BCUT2D eigenvalue weighted by Gasteiger charge is 2.42. The number of carbonyl (C=O) groups is 4. The number of nitrogens with zero attached hydrogens (tertiary/aromatic N) is 5. The van der Waals surface area contributed by atoms with Crippen molar-refractivity contribution in [1.82, 2.24) is 19.7 Å². The molecule has 2 unspecified atom stereocenters. The smallest absolute Gasteiger partial charge is 0.475 e. The zero-order chi connectivity index (χ0) is 36.2. The van der Waals surface area contributed by atoms with E-state index < -0.39 is 12.1 Å². The molecule has 1 N–H and O–H groups in total. The van der Waals surface area contributed by atoms with E-state index in [9.17, 15) is 27.6 Å². The van der Waals surface area contributed by atoms with Crippen molar-refractivity contribution >= 4 is 52.6 Å². The van der Waals surface area contributed by atoms with E-state index in [1.54, 1.807) is 13.0 Å². The standard InChI is InChI=1S/C32H41Cl2N5O3.C2HF3O2/c1-20-6-7-27(15-28(20)33)39(31(41)24-8-12-37(13-9-24)23(4)40)11-5-10-36-16-25-18-38(19-26(25)17-36)32(42)30-21(2)14-29(34)35-22(30)3;3-2(4,5)1(6)7/h6-7,14-15,24-26H,5,8-13,16-19H2,1-4H3;(H,6,7). The molecule has 0 spiro atoms. The molecule has 0 bridgehead atoms. The van der Waals surface area contributed by atoms with Crippen molar-refractivity contribution in [1.29, 1.82) is 0 Å². The van der Waals surface area contributed by atoms with Crippen molar-refractivity contribution in [2.45, 2.75) is 53.1 Å². The average molecular weight is 729 g/mol. The summed E-state index contributed by atoms with van der Waals surface area (Å²) in [5.41, 5.74) is 4.04. The third-order valence-corrected chi connectivity index (χ3v) is 10.2. The molecule has 0 radical (unpaired) electrons. The summed E-state index contributed by atoms with van der Waals surface area (Å²) in [5.74, 6) is -1.71. The molecule has 5 rings (SSSR count). The van der Waals surface area contributed by atoms with E-state index in [2.05, 4.69) is 9.88 Å². The number of aromatic nitrogens is 1. The van der Waals surface area contributed by atoms with Gasteiger partial charge in [-0.1, -0.05) is 29.3 Å². The number of amides is 3. The normalized spacial score (nSPS) is 19.7. The third-order valence-electron chi connectivity index (χ3n) is 9.55. The van der Waals surface area contributed by atoms with Gasteiger partial charge in [-0.3, -0.25) is 14.4 Å². The predicted molar refractivity (Wildman–Crippen MR) is 180 cm³/mol. The van der Waals surface area contributed by atoms with Crippen molar-refractivity contribution < 1.29 is 37.5 Å². The molecule has 3 amide bonds. The van der Waals surface area contributed by atoms with Crippen molar-refractivity contribution in [3.63, 3.8) is 0 Å². The van der Waals surface area contributed by atoms with E-state index in [-0.39, 0.29) is 23.6 Å². The summed E-state index contributed by atoms with van der Waals surface area (Å²) in [6.45, 7) is 13.5. The lowest BCUT2D eigenvalue weighted by atomic mass is 9.94. The first-order valence-corrected chi connectivity index (χ1v) is 17.0. The minimum absolute atomic E-state index is 0.0511. The van der Waals surface area contributed by atoms with Crippen molar-refractivity contribution in [2.24, 2.45) is 17.8 Å². The highest BCUT2D eigenvalue weighted by molar-refractivity contribution is 6.31. The number of aryl methyl sites for hydroxylation is 3. The number of piperidine rings is 1. The molecular formula is C34H42Cl2F3N5O5. The molecule has 0 aliphatic carbocycles. The quantitative estimate of drug-likeness (QED) is 0.368. The van der Waals surface area contributed by atoms with Gasteiger partial charge in [0.05, 0.1) is 11.3 Å². The number of rotatable bonds is 7. The van der Waals surface area contributed by atoms with Crippen LogP contribution in [0.2, 0.25) is 10.2 Å². The molecule has 3 fully saturated rings. The van der Waals surface area contributed by atoms with Crippen molar-refractivity contribution in [2.75, 3.05) is 57.3 Å². The summed E-state index contributed by atoms with van der Waals surface area (Å²) in [7, 11) is 0. The van der Waals surface area contributed by atoms with Crippen LogP contribution in [0.15, 0.2) is 24.3 Å². The number of benzene rings is 1. The van der Waals surface area contributed by atoms with Gasteiger partial charge in [-0.25, -0.2) is 9.78 Å². The summed E-state index contributed by atoms with van der Waals surface area (Å²) < 4.78 is 31.7. The van der Waals surface area contributed by atoms with Crippen LogP contribution in [-0.2, 0) is 14.4 Å². The summed E-state index contributed by atoms with van der Waals surface area (Å²) >= 11 is 12.5. The first-order valence-electron chi connectivity index (χ1n) is 16.2. The Kier molecular flexibility index (Phi) is 12.6. The van der Waals surface area contributed by atoms with Crippen molar-refractivity contribution in [3.05, 3.63) is 56.8 Å². The summed E-state index contributed by atoms with van der Waals surface area (Å²) in [4.78, 5) is 60.3. The highest BCUT2D eigenvalue weighted by atomic mass is 35.5. The third kappa shape index (κ3) is 9.64. The number of halogens is 5. The lowest BCUT2D eigenvalue weighted by molar-refractivity contribution is -0.192. The fourth-order valence-corrected chi connectivity index (χ4v) is 7.40. The van der Waals surface area contributed by atoms with Gasteiger partial charge in [0.2, 0.25) is 11.8 Å². The van der Waals surface area contributed by atoms with Crippen LogP contribution in [0, 0.1) is 38.5 Å². The Hall–Kier alpha value is -3.42. The minimum atomic E-state index is -5.08. The summed E-state index contributed by atoms with van der Waals surface area (Å²) in [6.07, 6.45) is -2.87. The number of aliphatic carboxylic acids is 1. The van der Waals surface area contributed by atoms with Gasteiger partial charge >= 0.3 is 12.1 Å². The Balaban J connectivity index is 0.000000698. The number of carboxylic acid groups (broad SMARTS) is 1. The number of anilines is 1. The van der Waals surface area contributed by atoms with E-state index in [1.807, 2.05) is 53.7 Å². The van der Waals surface area contributed by atoms with Crippen LogP contribution in [0.25, 0.3) is 0 Å². The summed E-state index contributed by atoms with van der Waals surface area (Å²) in [6, 6.07) is 7.60. The largest absolute Gasteiger partial charge is 0.490 e. The maximum Gasteiger partial charge on any atom is 0.490 e. The highest BCUT2D eigenvalue weighted by Crippen LogP contribution is 2.33. The number of hydrogen-bond donors (Lipinski definition) is 1. The molecule has 49 heavy (non-hydrogen) atoms. The van der Waals surface area contributed by atoms with Gasteiger partial charge in [0.15, 0.2) is 0 Å². The second-order valence-corrected chi connectivity index (χ2v) is 13.9. The van der Waals surface area contributed by atoms with E-state index in [4.69, 9.17) is 33.1 Å². The Morgan fingerprint density at radius 3 is 2.04 bits per heavy atom. The Morgan fingerprint density at radius 2 is 1.53 bits per heavy atom. The first-order chi connectivity index (χ1) is 23.0. The monoisotopic (exact) mass is 727 g/mol. The fraction of sp³-hybridized carbons (Fsp3) is 0.559. The number of fused-ring (bicyclic) bond motifs is 1. The van der Waals surface area contributed by atoms with Gasteiger partial charge < -0.3 is 24.7 Å². The molecule has 3 saturated heterocycles. The van der Waals surface area contributed by atoms with Gasteiger partial charge in [0, 0.05) is 69.4 Å². The maximum absolute atomic E-state index is 13.8. The van der Waals surface area contributed by atoms with Crippen LogP contribution in [0.1, 0.15) is 53.4 Å². The van der Waals surface area contributed by atoms with Gasteiger partial charge in [-0.05, 0) is 87.7 Å². The van der Waals surface area contributed by atoms with Crippen LogP contribution in [0.3, 0.4) is 0 Å². The molecule has 15 heteroatoms. The molecule has 10 nitrogen and oxygen atoms in total. The van der Waals surface area contributed by atoms with E-state index in [1.165, 1.54) is 0 Å². The molecule has 1 aromatic heterocycles. The number of alkyl halides is 3. The van der Waals surface area contributed by atoms with Crippen LogP contribution in [0.5, 0.6) is 0 Å². The fourth-order valence-electron chi connectivity index (χ4n) is 6.94. The predicted octanol–water partition coefficient (Wildman–Crippen LogP) is 5.63. The molecule has 0 saturated carbocycles. The molecule has 268 valence electrons. The topological polar surface area (TPSA) is 114 Å². The molecule has 2 atom stereocenters. The van der Waals surface area contributed by atoms with Crippen molar-refractivity contribution in [3.8, 4) is 0 Å². The van der Waals surface area contributed by atoms with Gasteiger partial charge in [-0.2, -0.15) is 13.2 Å². The number of likely N-dealkylation sites (tertiary alicyclic amines) is 3. The molecule has 4 heterocycles. The molecular weight excluding hydrogens is 686 g/mol. The second-order valence-electron chi connectivity index (χ2n) is 13.1. The molecule has 3 aliphatic heterocycles. The summed E-state index contributed by atoms with van der Waals surface area (Å²) in [5, 5.41) is 8.20. The number of pyridine rings is 1. The van der Waals surface area contributed by atoms with E-state index in [0.717, 1.165) is 56.0 Å². The maximum atomic E-state index is 13.8. The number of carbonyl (C=O) groups excluding carboxylic acids is 3. The van der Waals surface area contributed by atoms with Crippen LogP contribution in [-0.4, -0.2) is 107 Å². The van der Waals surface area contributed by atoms with Crippen LogP contribution in [0.4, 0.5) is 18.9 Å². The lowest BCUT2D eigenvalue weighted by Crippen LogP contribution is -2.44. The molecule has 1 aromatic carbocycles. The Morgan fingerprint density at radius 1 is 0.939 bits per heavy atom. The molecule has 3 aliphatic rings. The molecule has 2 aromatic rings. The van der Waals surface area contributed by atoms with Gasteiger partial charge in [-0.15, -0.1) is 0 Å². The number of hydrogen-bond acceptors (Lipinski definition) is 6. The average Bonchev–Trinajstić information content (AvgIpc) is 3.59. The van der Waals surface area contributed by atoms with Crippen LogP contribution < -0.4 is 4.90 Å². The van der Waals surface area contributed by atoms with Gasteiger partial charge in [0.1, 0.15) is 5.15 Å². The Labute approximate surface area is 294 Å².